The summed E-state index contributed by atoms with van der Waals surface area (Å²) in [6.45, 7) is 5.48. The van der Waals surface area contributed by atoms with Crippen molar-refractivity contribution in [2.75, 3.05) is 5.01 Å². The second kappa shape index (κ2) is 8.58. The Bertz CT molecular complexity index is 1330. The van der Waals surface area contributed by atoms with Gasteiger partial charge in [0.1, 0.15) is 11.6 Å². The molecule has 4 rings (SSSR count). The number of nitrogens with zero attached hydrogens (tertiary/aromatic N) is 3. The Balaban J connectivity index is 1.64. The van der Waals surface area contributed by atoms with E-state index in [1.807, 2.05) is 26.0 Å². The number of carbonyl (C=O) groups is 2. The minimum absolute atomic E-state index is 0.00981. The molecule has 2 aromatic rings. The van der Waals surface area contributed by atoms with E-state index in [4.69, 9.17) is 0 Å². The first kappa shape index (κ1) is 22.9. The molecule has 0 saturated carbocycles. The van der Waals surface area contributed by atoms with Gasteiger partial charge < -0.3 is 10.2 Å². The molecule has 3 N–H and O–H groups in total. The molecule has 0 radical (unpaired) electrons. The number of hydrazone groups is 2. The molecule has 1 aliphatic heterocycles. The maximum atomic E-state index is 14.6. The summed E-state index contributed by atoms with van der Waals surface area (Å²) < 4.78 is 14.6. The fourth-order valence-electron chi connectivity index (χ4n) is 3.78. The SMILES string of the molecule is CC1=NN(c2ccc(C)c(C)c2)C(=O)/C1=N\NC1(C(=O)O)C=CC(F)=C(c2ccccc2O)C1. The first-order valence-electron chi connectivity index (χ1n) is 10.5. The zero-order valence-electron chi connectivity index (χ0n) is 18.8. The second-order valence-electron chi connectivity index (χ2n) is 8.27. The van der Waals surface area contributed by atoms with Crippen LogP contribution >= 0.6 is 0 Å². The van der Waals surface area contributed by atoms with Crippen LogP contribution in [0.25, 0.3) is 5.57 Å². The van der Waals surface area contributed by atoms with E-state index >= 15 is 0 Å². The number of aryl methyl sites for hydroxylation is 2. The number of halogens is 1. The van der Waals surface area contributed by atoms with Crippen molar-refractivity contribution in [1.29, 1.82) is 0 Å². The monoisotopic (exact) mass is 462 g/mol. The molecule has 8 nitrogen and oxygen atoms in total. The highest BCUT2D eigenvalue weighted by Gasteiger charge is 2.41. The summed E-state index contributed by atoms with van der Waals surface area (Å²) in [5.41, 5.74) is 3.79. The lowest BCUT2D eigenvalue weighted by atomic mass is 9.83. The second-order valence-corrected chi connectivity index (χ2v) is 8.27. The molecule has 2 aromatic carbocycles. The lowest BCUT2D eigenvalue weighted by Crippen LogP contribution is -2.50. The average Bonchev–Trinajstić information content (AvgIpc) is 3.09. The molecule has 1 heterocycles. The van der Waals surface area contributed by atoms with E-state index in [2.05, 4.69) is 15.6 Å². The van der Waals surface area contributed by atoms with E-state index in [-0.39, 0.29) is 29.0 Å². The van der Waals surface area contributed by atoms with Crippen LogP contribution in [0.5, 0.6) is 5.75 Å². The third-order valence-corrected chi connectivity index (χ3v) is 5.96. The number of aliphatic carboxylic acids is 1. The minimum Gasteiger partial charge on any atom is -0.507 e. The predicted molar refractivity (Wildman–Crippen MR) is 127 cm³/mol. The van der Waals surface area contributed by atoms with Gasteiger partial charge in [-0.25, -0.2) is 9.18 Å². The lowest BCUT2D eigenvalue weighted by molar-refractivity contribution is -0.142. The highest BCUT2D eigenvalue weighted by Crippen LogP contribution is 2.38. The van der Waals surface area contributed by atoms with Crippen LogP contribution in [0.4, 0.5) is 10.1 Å². The van der Waals surface area contributed by atoms with Crippen molar-refractivity contribution in [3.8, 4) is 5.75 Å². The molecule has 0 fully saturated rings. The number of anilines is 1. The summed E-state index contributed by atoms with van der Waals surface area (Å²) >= 11 is 0. The number of carbonyl (C=O) groups excluding carboxylic acids is 1. The molecule has 1 aliphatic carbocycles. The number of benzene rings is 2. The number of para-hydroxylation sites is 1. The van der Waals surface area contributed by atoms with E-state index in [1.54, 1.807) is 25.1 Å². The third kappa shape index (κ3) is 3.96. The maximum Gasteiger partial charge on any atom is 0.335 e. The molecule has 34 heavy (non-hydrogen) atoms. The summed E-state index contributed by atoms with van der Waals surface area (Å²) in [5, 5.41) is 29.7. The molecule has 174 valence electrons. The molecule has 0 saturated heterocycles. The van der Waals surface area contributed by atoms with Crippen LogP contribution in [0.3, 0.4) is 0 Å². The molecule has 0 spiro atoms. The zero-order chi connectivity index (χ0) is 24.6. The van der Waals surface area contributed by atoms with Gasteiger partial charge in [0.25, 0.3) is 0 Å². The quantitative estimate of drug-likeness (QED) is 0.584. The van der Waals surface area contributed by atoms with Crippen LogP contribution < -0.4 is 10.4 Å². The number of hydrogen-bond acceptors (Lipinski definition) is 6. The maximum absolute atomic E-state index is 14.6. The fourth-order valence-corrected chi connectivity index (χ4v) is 3.78. The van der Waals surface area contributed by atoms with Crippen molar-refractivity contribution in [1.82, 2.24) is 5.43 Å². The van der Waals surface area contributed by atoms with Crippen molar-refractivity contribution in [3.05, 3.63) is 77.1 Å². The molecule has 1 atom stereocenters. The third-order valence-electron chi connectivity index (χ3n) is 5.96. The Hall–Kier alpha value is -4.27. The van der Waals surface area contributed by atoms with Crippen LogP contribution in [0.15, 0.2) is 70.6 Å². The van der Waals surface area contributed by atoms with E-state index in [9.17, 15) is 24.2 Å². The molecule has 2 aliphatic rings. The highest BCUT2D eigenvalue weighted by molar-refractivity contribution is 6.71. The van der Waals surface area contributed by atoms with Crippen LogP contribution in [0.2, 0.25) is 0 Å². The van der Waals surface area contributed by atoms with E-state index in [0.29, 0.717) is 11.4 Å². The van der Waals surface area contributed by atoms with Gasteiger partial charge in [-0.2, -0.15) is 15.2 Å². The number of hydrogen-bond donors (Lipinski definition) is 3. The van der Waals surface area contributed by atoms with Crippen molar-refractivity contribution in [2.24, 2.45) is 10.2 Å². The number of carboxylic acid groups (broad SMARTS) is 1. The molecule has 1 amide bonds. The van der Waals surface area contributed by atoms with E-state index in [1.165, 1.54) is 17.1 Å². The molecule has 0 aromatic heterocycles. The number of rotatable bonds is 5. The molecule has 0 bridgehead atoms. The van der Waals surface area contributed by atoms with Crippen LogP contribution in [-0.4, -0.2) is 39.1 Å². The highest BCUT2D eigenvalue weighted by atomic mass is 19.1. The van der Waals surface area contributed by atoms with E-state index in [0.717, 1.165) is 23.3 Å². The van der Waals surface area contributed by atoms with Gasteiger partial charge >= 0.3 is 11.9 Å². The first-order valence-corrected chi connectivity index (χ1v) is 10.5. The summed E-state index contributed by atoms with van der Waals surface area (Å²) in [4.78, 5) is 25.3. The number of nitrogens with one attached hydrogen (secondary N) is 1. The number of amides is 1. The van der Waals surface area contributed by atoms with Crippen LogP contribution in [0.1, 0.15) is 30.0 Å². The van der Waals surface area contributed by atoms with Gasteiger partial charge in [0.2, 0.25) is 0 Å². The Kier molecular flexibility index (Phi) is 5.78. The van der Waals surface area contributed by atoms with Crippen molar-refractivity contribution in [2.45, 2.75) is 32.7 Å². The topological polar surface area (TPSA) is 115 Å². The predicted octanol–water partition coefficient (Wildman–Crippen LogP) is 3.84. The van der Waals surface area contributed by atoms with Crippen molar-refractivity contribution < 1.29 is 24.2 Å². The lowest BCUT2D eigenvalue weighted by Gasteiger charge is -2.30. The summed E-state index contributed by atoms with van der Waals surface area (Å²) in [6.07, 6.45) is 1.82. The Labute approximate surface area is 195 Å². The van der Waals surface area contributed by atoms with Gasteiger partial charge in [-0.3, -0.25) is 10.2 Å². The van der Waals surface area contributed by atoms with Gasteiger partial charge in [0.15, 0.2) is 11.3 Å². The smallest absolute Gasteiger partial charge is 0.335 e. The van der Waals surface area contributed by atoms with Crippen molar-refractivity contribution >= 4 is 34.6 Å². The normalized spacial score (nSPS) is 21.3. The number of phenols is 1. The fraction of sp³-hybridized carbons (Fsp3) is 0.200. The number of carboxylic acids is 1. The zero-order valence-corrected chi connectivity index (χ0v) is 18.8. The van der Waals surface area contributed by atoms with Crippen LogP contribution in [0, 0.1) is 13.8 Å². The van der Waals surface area contributed by atoms with Gasteiger partial charge in [-0.15, -0.1) is 0 Å². The standard InChI is InChI=1S/C25H23FN4O4/c1-14-8-9-17(12-15(14)2)30-23(32)22(16(3)28-30)27-29-25(24(33)34)11-10-20(26)19(13-25)18-6-4-5-7-21(18)31/h4-12,29,31H,13H2,1-3H3,(H,33,34)/b27-22-. The summed E-state index contributed by atoms with van der Waals surface area (Å²) in [5.74, 6) is -2.68. The van der Waals surface area contributed by atoms with Gasteiger partial charge in [0.05, 0.1) is 11.4 Å². The molecular formula is C25H23FN4O4. The summed E-state index contributed by atoms with van der Waals surface area (Å²) in [7, 11) is 0. The number of allylic oxidation sites excluding steroid dienone is 2. The average molecular weight is 462 g/mol. The Morgan fingerprint density at radius 3 is 2.59 bits per heavy atom. The van der Waals surface area contributed by atoms with Gasteiger partial charge in [0, 0.05) is 17.6 Å². The molecule has 9 heteroatoms. The summed E-state index contributed by atoms with van der Waals surface area (Å²) in [6, 6.07) is 11.6. The number of aromatic hydroxyl groups is 1. The van der Waals surface area contributed by atoms with E-state index < -0.39 is 23.2 Å². The van der Waals surface area contributed by atoms with Crippen molar-refractivity contribution in [3.63, 3.8) is 0 Å². The number of phenolic OH excluding ortho intramolecular Hbond substituents is 1. The van der Waals surface area contributed by atoms with Gasteiger partial charge in [-0.1, -0.05) is 24.3 Å². The first-order chi connectivity index (χ1) is 16.1. The minimum atomic E-state index is -1.84. The van der Waals surface area contributed by atoms with Crippen LogP contribution in [-0.2, 0) is 9.59 Å². The largest absolute Gasteiger partial charge is 0.507 e. The van der Waals surface area contributed by atoms with Gasteiger partial charge in [-0.05, 0) is 62.2 Å². The Morgan fingerprint density at radius 1 is 1.18 bits per heavy atom. The Morgan fingerprint density at radius 2 is 1.91 bits per heavy atom. The molecule has 1 unspecified atom stereocenters. The molecular weight excluding hydrogens is 439 g/mol.